The lowest BCUT2D eigenvalue weighted by Crippen LogP contribution is -2.35. The Morgan fingerprint density at radius 1 is 1.22 bits per heavy atom. The van der Waals surface area contributed by atoms with Crippen molar-refractivity contribution in [3.8, 4) is 22.5 Å². The molecular weight excluding hydrogens is 342 g/mol. The van der Waals surface area contributed by atoms with Crippen LogP contribution in [0.5, 0.6) is 0 Å². The van der Waals surface area contributed by atoms with E-state index in [1.165, 1.54) is 12.3 Å². The van der Waals surface area contributed by atoms with E-state index in [9.17, 15) is 14.7 Å². The van der Waals surface area contributed by atoms with Crippen LogP contribution in [0.3, 0.4) is 0 Å². The van der Waals surface area contributed by atoms with Gasteiger partial charge in [0.15, 0.2) is 5.43 Å². The number of hydrogen-bond acceptors (Lipinski definition) is 3. The molecule has 4 rings (SSSR count). The second-order valence-electron chi connectivity index (χ2n) is 7.99. The maximum Gasteiger partial charge on any atom is 0.341 e. The third-order valence-corrected chi connectivity index (χ3v) is 5.16. The fourth-order valence-electron chi connectivity index (χ4n) is 3.72. The molecule has 1 atom stereocenters. The molecule has 3 aromatic rings. The summed E-state index contributed by atoms with van der Waals surface area (Å²) in [6.45, 7) is 6.92. The lowest BCUT2D eigenvalue weighted by atomic mass is 9.84. The molecule has 1 N–H and O–H groups in total. The minimum atomic E-state index is -1.20. The second kappa shape index (κ2) is 5.94. The van der Waals surface area contributed by atoms with Gasteiger partial charge in [-0.05, 0) is 11.0 Å². The molecule has 0 saturated carbocycles. The van der Waals surface area contributed by atoms with Crippen molar-refractivity contribution in [2.75, 3.05) is 0 Å². The molecule has 138 valence electrons. The zero-order chi connectivity index (χ0) is 19.3. The molecule has 1 aromatic carbocycles. The van der Waals surface area contributed by atoms with Crippen LogP contribution in [0.1, 0.15) is 37.2 Å². The first kappa shape index (κ1) is 17.3. The number of carboxylic acid groups (broad SMARTS) is 1. The Morgan fingerprint density at radius 2 is 1.93 bits per heavy atom. The van der Waals surface area contributed by atoms with E-state index in [4.69, 9.17) is 0 Å². The summed E-state index contributed by atoms with van der Waals surface area (Å²) in [5, 5.41) is 14.0. The monoisotopic (exact) mass is 363 g/mol. The Labute approximate surface area is 156 Å². The Hall–Kier alpha value is -3.15. The van der Waals surface area contributed by atoms with Gasteiger partial charge in [-0.1, -0.05) is 51.1 Å². The van der Waals surface area contributed by atoms with Gasteiger partial charge >= 0.3 is 5.97 Å². The van der Waals surface area contributed by atoms with Crippen LogP contribution >= 0.6 is 0 Å². The predicted octanol–water partition coefficient (Wildman–Crippen LogP) is 3.68. The molecule has 0 spiro atoms. The van der Waals surface area contributed by atoms with Crippen molar-refractivity contribution in [2.45, 2.75) is 33.4 Å². The number of aromatic nitrogens is 3. The van der Waals surface area contributed by atoms with E-state index < -0.39 is 11.4 Å². The van der Waals surface area contributed by atoms with Crippen molar-refractivity contribution in [1.29, 1.82) is 0 Å². The molecule has 6 nitrogen and oxygen atoms in total. The molecular formula is C21H21N3O3. The van der Waals surface area contributed by atoms with Crippen LogP contribution in [0, 0.1) is 5.41 Å². The third kappa shape index (κ3) is 2.77. The maximum atomic E-state index is 12.4. The molecule has 3 heterocycles. The molecule has 0 amide bonds. The van der Waals surface area contributed by atoms with E-state index in [-0.39, 0.29) is 17.0 Å². The number of fused-ring (bicyclic) bond motifs is 3. The topological polar surface area (TPSA) is 77.1 Å². The minimum Gasteiger partial charge on any atom is -0.477 e. The molecule has 2 aromatic heterocycles. The molecule has 1 aliphatic rings. The zero-order valence-electron chi connectivity index (χ0n) is 15.5. The Kier molecular flexibility index (Phi) is 3.80. The first-order valence-electron chi connectivity index (χ1n) is 8.88. The number of carboxylic acids is 1. The van der Waals surface area contributed by atoms with E-state index >= 15 is 0 Å². The summed E-state index contributed by atoms with van der Waals surface area (Å²) < 4.78 is 3.86. The fraction of sp³-hybridized carbons (Fsp3) is 0.286. The largest absolute Gasteiger partial charge is 0.477 e. The smallest absolute Gasteiger partial charge is 0.341 e. The van der Waals surface area contributed by atoms with E-state index in [0.29, 0.717) is 12.2 Å². The van der Waals surface area contributed by atoms with Crippen LogP contribution in [-0.4, -0.2) is 25.4 Å². The first-order valence-corrected chi connectivity index (χ1v) is 8.88. The standard InChI is InChI=1S/C21H21N3O3/c1-21(2,3)18-12-24-19(14(10-22-24)13-7-5-4-6-8-13)16-9-17(25)15(20(26)27)11-23(16)18/h4-11,18H,12H2,1-3H3,(H,26,27)/t18-/m0/s1. The van der Waals surface area contributed by atoms with Gasteiger partial charge in [-0.25, -0.2) is 4.79 Å². The number of carbonyl (C=O) groups is 1. The lowest BCUT2D eigenvalue weighted by molar-refractivity contribution is 0.0693. The number of pyridine rings is 1. The van der Waals surface area contributed by atoms with Crippen molar-refractivity contribution in [2.24, 2.45) is 5.41 Å². The van der Waals surface area contributed by atoms with Gasteiger partial charge < -0.3 is 9.67 Å². The van der Waals surface area contributed by atoms with Gasteiger partial charge in [0.05, 0.1) is 30.2 Å². The number of nitrogens with zero attached hydrogens (tertiary/aromatic N) is 3. The van der Waals surface area contributed by atoms with Crippen LogP contribution < -0.4 is 5.43 Å². The summed E-state index contributed by atoms with van der Waals surface area (Å²) >= 11 is 0. The summed E-state index contributed by atoms with van der Waals surface area (Å²) in [5.41, 5.74) is 2.64. The van der Waals surface area contributed by atoms with E-state index in [1.807, 2.05) is 45.8 Å². The highest BCUT2D eigenvalue weighted by atomic mass is 16.4. The molecule has 0 fully saturated rings. The van der Waals surface area contributed by atoms with Gasteiger partial charge in [0, 0.05) is 17.8 Å². The summed E-state index contributed by atoms with van der Waals surface area (Å²) in [5.74, 6) is -1.20. The number of rotatable bonds is 2. The average molecular weight is 363 g/mol. The number of hydrogen-bond donors (Lipinski definition) is 1. The van der Waals surface area contributed by atoms with Gasteiger partial charge in [-0.2, -0.15) is 5.10 Å². The van der Waals surface area contributed by atoms with Crippen LogP contribution in [0.15, 0.2) is 53.6 Å². The molecule has 0 saturated heterocycles. The Morgan fingerprint density at radius 3 is 2.56 bits per heavy atom. The molecule has 0 aliphatic carbocycles. The third-order valence-electron chi connectivity index (χ3n) is 5.16. The highest BCUT2D eigenvalue weighted by Crippen LogP contribution is 2.42. The lowest BCUT2D eigenvalue weighted by Gasteiger charge is -2.38. The molecule has 6 heteroatoms. The van der Waals surface area contributed by atoms with Gasteiger partial charge in [-0.3, -0.25) is 9.48 Å². The van der Waals surface area contributed by atoms with E-state index in [1.54, 1.807) is 0 Å². The number of aromatic carboxylic acids is 1. The highest BCUT2D eigenvalue weighted by Gasteiger charge is 2.35. The van der Waals surface area contributed by atoms with Gasteiger partial charge in [-0.15, -0.1) is 0 Å². The summed E-state index contributed by atoms with van der Waals surface area (Å²) in [7, 11) is 0. The Balaban J connectivity index is 2.02. The summed E-state index contributed by atoms with van der Waals surface area (Å²) in [4.78, 5) is 24.0. The second-order valence-corrected chi connectivity index (χ2v) is 7.99. The van der Waals surface area contributed by atoms with E-state index in [2.05, 4.69) is 25.9 Å². The van der Waals surface area contributed by atoms with E-state index in [0.717, 1.165) is 16.8 Å². The zero-order valence-corrected chi connectivity index (χ0v) is 15.5. The van der Waals surface area contributed by atoms with Crippen LogP contribution in [-0.2, 0) is 6.54 Å². The minimum absolute atomic E-state index is 0.0257. The van der Waals surface area contributed by atoms with Crippen molar-refractivity contribution in [3.63, 3.8) is 0 Å². The van der Waals surface area contributed by atoms with Gasteiger partial charge in [0.2, 0.25) is 0 Å². The Bertz CT molecular complexity index is 1090. The predicted molar refractivity (Wildman–Crippen MR) is 103 cm³/mol. The van der Waals surface area contributed by atoms with Gasteiger partial charge in [0.25, 0.3) is 0 Å². The summed E-state index contributed by atoms with van der Waals surface area (Å²) in [6, 6.07) is 11.3. The first-order chi connectivity index (χ1) is 12.8. The molecule has 0 unspecified atom stereocenters. The normalized spacial score (nSPS) is 15.9. The van der Waals surface area contributed by atoms with Crippen LogP contribution in [0.25, 0.3) is 22.5 Å². The molecule has 0 bridgehead atoms. The fourth-order valence-corrected chi connectivity index (χ4v) is 3.72. The molecule has 0 radical (unpaired) electrons. The van der Waals surface area contributed by atoms with Crippen LogP contribution in [0.4, 0.5) is 0 Å². The van der Waals surface area contributed by atoms with Crippen molar-refractivity contribution in [1.82, 2.24) is 14.3 Å². The quantitative estimate of drug-likeness (QED) is 0.753. The molecule has 27 heavy (non-hydrogen) atoms. The summed E-state index contributed by atoms with van der Waals surface area (Å²) in [6.07, 6.45) is 3.30. The van der Waals surface area contributed by atoms with Crippen molar-refractivity contribution in [3.05, 3.63) is 64.6 Å². The maximum absolute atomic E-state index is 12.4. The van der Waals surface area contributed by atoms with Crippen molar-refractivity contribution >= 4 is 5.97 Å². The number of benzene rings is 1. The van der Waals surface area contributed by atoms with Crippen molar-refractivity contribution < 1.29 is 9.90 Å². The SMILES string of the molecule is CC(C)(C)[C@@H]1Cn2ncc(-c3ccccc3)c2-c2cc(=O)c(C(=O)O)cn21. The van der Waals surface area contributed by atoms with Gasteiger partial charge in [0.1, 0.15) is 5.56 Å². The highest BCUT2D eigenvalue weighted by molar-refractivity contribution is 5.88. The average Bonchev–Trinajstić information content (AvgIpc) is 3.04. The molecule has 1 aliphatic heterocycles. The van der Waals surface area contributed by atoms with Crippen LogP contribution in [0.2, 0.25) is 0 Å².